The van der Waals surface area contributed by atoms with Gasteiger partial charge in [0.2, 0.25) is 5.91 Å². The zero-order valence-electron chi connectivity index (χ0n) is 11.7. The molecule has 2 rings (SSSR count). The summed E-state index contributed by atoms with van der Waals surface area (Å²) in [5.74, 6) is -0.494. The van der Waals surface area contributed by atoms with Crippen molar-refractivity contribution in [3.05, 3.63) is 60.2 Å². The predicted molar refractivity (Wildman–Crippen MR) is 82.9 cm³/mol. The number of carbonyl (C=O) groups is 2. The molecule has 0 aliphatic heterocycles. The van der Waals surface area contributed by atoms with E-state index in [2.05, 4.69) is 5.32 Å². The van der Waals surface area contributed by atoms with Crippen molar-refractivity contribution in [2.75, 3.05) is 24.6 Å². The number of amides is 2. The maximum atomic E-state index is 12.2. The molecule has 0 unspecified atom stereocenters. The third-order valence-electron chi connectivity index (χ3n) is 2.92. The van der Waals surface area contributed by atoms with Crippen LogP contribution in [0.5, 0.6) is 0 Å². The summed E-state index contributed by atoms with van der Waals surface area (Å²) < 4.78 is 0. The van der Waals surface area contributed by atoms with Gasteiger partial charge < -0.3 is 16.0 Å². The van der Waals surface area contributed by atoms with Crippen LogP contribution in [0.4, 0.5) is 11.4 Å². The first-order valence-corrected chi connectivity index (χ1v) is 6.52. The van der Waals surface area contributed by atoms with Crippen molar-refractivity contribution >= 4 is 23.2 Å². The van der Waals surface area contributed by atoms with Crippen LogP contribution in [0.2, 0.25) is 0 Å². The van der Waals surface area contributed by atoms with Gasteiger partial charge in [-0.2, -0.15) is 0 Å². The monoisotopic (exact) mass is 283 g/mol. The van der Waals surface area contributed by atoms with Crippen LogP contribution in [0.15, 0.2) is 54.6 Å². The molecule has 0 atom stereocenters. The van der Waals surface area contributed by atoms with Crippen LogP contribution in [0, 0.1) is 0 Å². The summed E-state index contributed by atoms with van der Waals surface area (Å²) in [6.07, 6.45) is 0. The number of anilines is 2. The molecule has 0 spiro atoms. The number of para-hydroxylation sites is 1. The molecule has 5 nitrogen and oxygen atoms in total. The minimum absolute atomic E-state index is 0.0253. The van der Waals surface area contributed by atoms with Gasteiger partial charge in [-0.15, -0.1) is 0 Å². The Labute approximate surface area is 123 Å². The van der Waals surface area contributed by atoms with Crippen molar-refractivity contribution in [1.82, 2.24) is 4.90 Å². The largest absolute Gasteiger partial charge is 0.399 e. The summed E-state index contributed by atoms with van der Waals surface area (Å²) in [4.78, 5) is 25.4. The van der Waals surface area contributed by atoms with Gasteiger partial charge in [-0.1, -0.05) is 24.3 Å². The molecule has 2 amide bonds. The highest BCUT2D eigenvalue weighted by Crippen LogP contribution is 2.09. The van der Waals surface area contributed by atoms with E-state index < -0.39 is 0 Å². The Hall–Kier alpha value is -2.82. The van der Waals surface area contributed by atoms with E-state index in [1.807, 2.05) is 18.2 Å². The number of nitrogens with two attached hydrogens (primary N) is 1. The average Bonchev–Trinajstić information content (AvgIpc) is 2.47. The molecular weight excluding hydrogens is 266 g/mol. The summed E-state index contributed by atoms with van der Waals surface area (Å²) in [6, 6.07) is 15.8. The molecule has 108 valence electrons. The third kappa shape index (κ3) is 4.07. The van der Waals surface area contributed by atoms with Crippen LogP contribution in [0.1, 0.15) is 10.4 Å². The van der Waals surface area contributed by atoms with Gasteiger partial charge in [0.15, 0.2) is 0 Å². The SMILES string of the molecule is CN(CC(=O)Nc1ccccc1)C(=O)c1cccc(N)c1. The second-order valence-corrected chi connectivity index (χ2v) is 4.70. The highest BCUT2D eigenvalue weighted by Gasteiger charge is 2.15. The zero-order chi connectivity index (χ0) is 15.2. The first-order valence-electron chi connectivity index (χ1n) is 6.52. The minimum Gasteiger partial charge on any atom is -0.399 e. The highest BCUT2D eigenvalue weighted by atomic mass is 16.2. The van der Waals surface area contributed by atoms with Crippen molar-refractivity contribution < 1.29 is 9.59 Å². The van der Waals surface area contributed by atoms with E-state index >= 15 is 0 Å². The van der Waals surface area contributed by atoms with E-state index in [-0.39, 0.29) is 18.4 Å². The quantitative estimate of drug-likeness (QED) is 0.842. The van der Waals surface area contributed by atoms with Gasteiger partial charge in [-0.3, -0.25) is 9.59 Å². The Kier molecular flexibility index (Phi) is 4.56. The predicted octanol–water partition coefficient (Wildman–Crippen LogP) is 1.98. The molecule has 0 saturated heterocycles. The van der Waals surface area contributed by atoms with Gasteiger partial charge in [-0.05, 0) is 30.3 Å². The van der Waals surface area contributed by atoms with Crippen molar-refractivity contribution in [2.45, 2.75) is 0 Å². The number of benzene rings is 2. The van der Waals surface area contributed by atoms with Gasteiger partial charge in [0.05, 0.1) is 6.54 Å². The Morgan fingerprint density at radius 2 is 1.81 bits per heavy atom. The second kappa shape index (κ2) is 6.56. The number of carbonyl (C=O) groups excluding carboxylic acids is 2. The smallest absolute Gasteiger partial charge is 0.254 e. The lowest BCUT2D eigenvalue weighted by Gasteiger charge is -2.17. The maximum absolute atomic E-state index is 12.2. The topological polar surface area (TPSA) is 75.4 Å². The number of hydrogen-bond acceptors (Lipinski definition) is 3. The second-order valence-electron chi connectivity index (χ2n) is 4.70. The lowest BCUT2D eigenvalue weighted by molar-refractivity contribution is -0.116. The lowest BCUT2D eigenvalue weighted by atomic mass is 10.2. The molecule has 2 aromatic rings. The number of nitrogens with zero attached hydrogens (tertiary/aromatic N) is 1. The van der Waals surface area contributed by atoms with Crippen LogP contribution in [-0.2, 0) is 4.79 Å². The first kappa shape index (κ1) is 14.6. The number of hydrogen-bond donors (Lipinski definition) is 2. The highest BCUT2D eigenvalue weighted by molar-refractivity contribution is 5.99. The molecule has 21 heavy (non-hydrogen) atoms. The van der Waals surface area contributed by atoms with E-state index in [9.17, 15) is 9.59 Å². The van der Waals surface area contributed by atoms with Gasteiger partial charge in [0, 0.05) is 24.0 Å². The molecule has 0 aliphatic rings. The molecule has 5 heteroatoms. The van der Waals surface area contributed by atoms with E-state index in [1.54, 1.807) is 43.4 Å². The van der Waals surface area contributed by atoms with E-state index in [0.29, 0.717) is 16.9 Å². The lowest BCUT2D eigenvalue weighted by Crippen LogP contribution is -2.34. The summed E-state index contributed by atoms with van der Waals surface area (Å²) in [5, 5.41) is 2.73. The summed E-state index contributed by atoms with van der Waals surface area (Å²) in [7, 11) is 1.58. The maximum Gasteiger partial charge on any atom is 0.254 e. The van der Waals surface area contributed by atoms with Crippen molar-refractivity contribution in [3.8, 4) is 0 Å². The molecular formula is C16H17N3O2. The van der Waals surface area contributed by atoms with Crippen LogP contribution in [-0.4, -0.2) is 30.3 Å². The Bertz CT molecular complexity index is 641. The molecule has 3 N–H and O–H groups in total. The Morgan fingerprint density at radius 1 is 1.10 bits per heavy atom. The Balaban J connectivity index is 1.96. The fraction of sp³-hybridized carbons (Fsp3) is 0.125. The summed E-state index contributed by atoms with van der Waals surface area (Å²) in [5.41, 5.74) is 7.33. The summed E-state index contributed by atoms with van der Waals surface area (Å²) >= 11 is 0. The van der Waals surface area contributed by atoms with Crippen molar-refractivity contribution in [2.24, 2.45) is 0 Å². The van der Waals surface area contributed by atoms with Crippen molar-refractivity contribution in [1.29, 1.82) is 0 Å². The molecule has 0 heterocycles. The third-order valence-corrected chi connectivity index (χ3v) is 2.92. The molecule has 0 aromatic heterocycles. The molecule has 0 bridgehead atoms. The molecule has 0 radical (unpaired) electrons. The van der Waals surface area contributed by atoms with E-state index in [4.69, 9.17) is 5.73 Å². The standard InChI is InChI=1S/C16H17N3O2/c1-19(16(21)12-6-5-7-13(17)10-12)11-15(20)18-14-8-3-2-4-9-14/h2-10H,11,17H2,1H3,(H,18,20). The molecule has 0 aliphatic carbocycles. The average molecular weight is 283 g/mol. The van der Waals surface area contributed by atoms with Gasteiger partial charge >= 0.3 is 0 Å². The van der Waals surface area contributed by atoms with Crippen LogP contribution in [0.3, 0.4) is 0 Å². The normalized spacial score (nSPS) is 9.95. The van der Waals surface area contributed by atoms with Gasteiger partial charge in [0.25, 0.3) is 5.91 Å². The zero-order valence-corrected chi connectivity index (χ0v) is 11.7. The van der Waals surface area contributed by atoms with Crippen LogP contribution in [0.25, 0.3) is 0 Å². The van der Waals surface area contributed by atoms with Gasteiger partial charge in [-0.25, -0.2) is 0 Å². The minimum atomic E-state index is -0.249. The number of likely N-dealkylation sites (N-methyl/N-ethyl adjacent to an activating group) is 1. The number of rotatable bonds is 4. The van der Waals surface area contributed by atoms with Crippen LogP contribution >= 0.6 is 0 Å². The molecule has 2 aromatic carbocycles. The molecule has 0 fully saturated rings. The van der Waals surface area contributed by atoms with Crippen LogP contribution < -0.4 is 11.1 Å². The van der Waals surface area contributed by atoms with Crippen molar-refractivity contribution in [3.63, 3.8) is 0 Å². The molecule has 0 saturated carbocycles. The van der Waals surface area contributed by atoms with E-state index in [1.165, 1.54) is 4.90 Å². The number of nitrogens with one attached hydrogen (secondary N) is 1. The van der Waals surface area contributed by atoms with Gasteiger partial charge in [0.1, 0.15) is 0 Å². The number of nitrogen functional groups attached to an aromatic ring is 1. The first-order chi connectivity index (χ1) is 10.1. The van der Waals surface area contributed by atoms with E-state index in [0.717, 1.165) is 0 Å². The fourth-order valence-corrected chi connectivity index (χ4v) is 1.90. The summed E-state index contributed by atoms with van der Waals surface area (Å²) in [6.45, 7) is -0.0253. The fourth-order valence-electron chi connectivity index (χ4n) is 1.90. The Morgan fingerprint density at radius 3 is 2.48 bits per heavy atom.